The standard InChI is InChI=1S/C35H34ClF3N8O4/c36-25-12-10-24(11-13-25)34(16-17-34)46-32-43-31(44-33(45-32)51-21-35(37,38)39)42-27-14-8-23(9-15-27)28(48)40-19-22-5-4-18-47(20-22)30(50)29(49)41-26-6-2-1-3-7-26/h1-3,6-15,22H,4-5,16-21H2,(H,40,48)(H,41,49)(H2,42,43,44,45,46). The zero-order valence-corrected chi connectivity index (χ0v) is 27.9. The lowest BCUT2D eigenvalue weighted by Gasteiger charge is -2.32. The van der Waals surface area contributed by atoms with E-state index in [9.17, 15) is 27.6 Å². The highest BCUT2D eigenvalue weighted by molar-refractivity contribution is 6.39. The van der Waals surface area contributed by atoms with E-state index in [0.29, 0.717) is 48.0 Å². The summed E-state index contributed by atoms with van der Waals surface area (Å²) in [5, 5.41) is 12.2. The SMILES string of the molecule is O=C(Nc1ccccc1)C(=O)N1CCCC(CNC(=O)c2ccc(Nc3nc(NC4(c5ccc(Cl)cc5)CC4)nc(OCC(F)(F)F)n3)cc2)C1. The number of carbonyl (C=O) groups excluding carboxylic acids is 3. The van der Waals surface area contributed by atoms with Gasteiger partial charge in [-0.15, -0.1) is 0 Å². The topological polar surface area (TPSA) is 150 Å². The number of ether oxygens (including phenoxy) is 1. The molecule has 51 heavy (non-hydrogen) atoms. The fourth-order valence-corrected chi connectivity index (χ4v) is 5.84. The number of nitrogens with zero attached hydrogens (tertiary/aromatic N) is 4. The average molecular weight is 723 g/mol. The Kier molecular flexibility index (Phi) is 10.6. The van der Waals surface area contributed by atoms with Crippen molar-refractivity contribution in [3.63, 3.8) is 0 Å². The maximum atomic E-state index is 13.0. The van der Waals surface area contributed by atoms with Gasteiger partial charge in [-0.25, -0.2) is 0 Å². The summed E-state index contributed by atoms with van der Waals surface area (Å²) in [4.78, 5) is 52.2. The first-order chi connectivity index (χ1) is 24.4. The summed E-state index contributed by atoms with van der Waals surface area (Å²) in [5.74, 6) is -1.74. The predicted molar refractivity (Wildman–Crippen MR) is 184 cm³/mol. The second-order valence-corrected chi connectivity index (χ2v) is 12.8. The summed E-state index contributed by atoms with van der Waals surface area (Å²) in [6.45, 7) is -0.483. The molecule has 1 saturated heterocycles. The van der Waals surface area contributed by atoms with Crippen LogP contribution in [0, 0.1) is 5.92 Å². The number of halogens is 4. The molecule has 1 saturated carbocycles. The molecule has 0 spiro atoms. The van der Waals surface area contributed by atoms with E-state index in [-0.39, 0.29) is 23.7 Å². The number of hydrogen-bond donors (Lipinski definition) is 4. The number of aromatic nitrogens is 3. The van der Waals surface area contributed by atoms with E-state index >= 15 is 0 Å². The molecule has 16 heteroatoms. The fourth-order valence-electron chi connectivity index (χ4n) is 5.71. The van der Waals surface area contributed by atoms with Gasteiger partial charge in [0.15, 0.2) is 6.61 Å². The number of piperidine rings is 1. The van der Waals surface area contributed by atoms with Crippen LogP contribution in [0.2, 0.25) is 5.02 Å². The Bertz CT molecular complexity index is 1860. The lowest BCUT2D eigenvalue weighted by atomic mass is 9.97. The van der Waals surface area contributed by atoms with E-state index in [1.807, 2.05) is 18.2 Å². The van der Waals surface area contributed by atoms with E-state index in [2.05, 4.69) is 36.2 Å². The molecule has 1 aromatic heterocycles. The van der Waals surface area contributed by atoms with Crippen LogP contribution >= 0.6 is 11.6 Å². The number of alkyl halides is 3. The minimum atomic E-state index is -4.60. The second kappa shape index (κ2) is 15.2. The number of amides is 3. The van der Waals surface area contributed by atoms with Crippen LogP contribution in [0.25, 0.3) is 0 Å². The number of rotatable bonds is 11. The van der Waals surface area contributed by atoms with Gasteiger partial charge in [-0.1, -0.05) is 41.9 Å². The van der Waals surface area contributed by atoms with E-state index in [0.717, 1.165) is 24.8 Å². The number of hydrogen-bond acceptors (Lipinski definition) is 9. The highest BCUT2D eigenvalue weighted by atomic mass is 35.5. The number of anilines is 4. The van der Waals surface area contributed by atoms with Crippen LogP contribution in [0.1, 0.15) is 41.6 Å². The molecular weight excluding hydrogens is 689 g/mol. The van der Waals surface area contributed by atoms with Crippen molar-refractivity contribution in [3.8, 4) is 6.01 Å². The van der Waals surface area contributed by atoms with Gasteiger partial charge >= 0.3 is 24.0 Å². The van der Waals surface area contributed by atoms with Gasteiger partial charge in [-0.05, 0) is 85.7 Å². The number of benzene rings is 3. The molecule has 4 aromatic rings. The summed E-state index contributed by atoms with van der Waals surface area (Å²) in [5.41, 5.74) is 1.76. The van der Waals surface area contributed by atoms with Gasteiger partial charge in [-0.2, -0.15) is 28.1 Å². The molecule has 6 rings (SSSR count). The Labute approximate surface area is 296 Å². The lowest BCUT2D eigenvalue weighted by Crippen LogP contribution is -2.47. The summed E-state index contributed by atoms with van der Waals surface area (Å²) in [7, 11) is 0. The van der Waals surface area contributed by atoms with E-state index in [4.69, 9.17) is 16.3 Å². The van der Waals surface area contributed by atoms with Crippen LogP contribution in [0.15, 0.2) is 78.9 Å². The van der Waals surface area contributed by atoms with Crippen molar-refractivity contribution in [2.24, 2.45) is 5.92 Å². The van der Waals surface area contributed by atoms with E-state index < -0.39 is 36.1 Å². The maximum Gasteiger partial charge on any atom is 0.422 e. The molecule has 1 aliphatic heterocycles. The highest BCUT2D eigenvalue weighted by Gasteiger charge is 2.45. The van der Waals surface area contributed by atoms with Crippen molar-refractivity contribution in [2.45, 2.75) is 37.4 Å². The Morgan fingerprint density at radius 3 is 2.29 bits per heavy atom. The van der Waals surface area contributed by atoms with Crippen molar-refractivity contribution in [1.29, 1.82) is 0 Å². The maximum absolute atomic E-state index is 13.0. The van der Waals surface area contributed by atoms with E-state index in [1.54, 1.807) is 60.7 Å². The van der Waals surface area contributed by atoms with Crippen LogP contribution in [0.3, 0.4) is 0 Å². The van der Waals surface area contributed by atoms with Crippen molar-refractivity contribution < 1.29 is 32.3 Å². The van der Waals surface area contributed by atoms with Gasteiger partial charge in [0, 0.05) is 41.6 Å². The first-order valence-electron chi connectivity index (χ1n) is 16.3. The van der Waals surface area contributed by atoms with Crippen molar-refractivity contribution in [1.82, 2.24) is 25.2 Å². The molecule has 3 amide bonds. The van der Waals surface area contributed by atoms with E-state index in [1.165, 1.54) is 4.90 Å². The third-order valence-corrected chi connectivity index (χ3v) is 8.72. The van der Waals surface area contributed by atoms with Crippen LogP contribution in [-0.2, 0) is 15.1 Å². The Morgan fingerprint density at radius 1 is 0.902 bits per heavy atom. The fraction of sp³-hybridized carbons (Fsp3) is 0.314. The Hall–Kier alpha value is -5.44. The molecule has 2 heterocycles. The Balaban J connectivity index is 1.06. The van der Waals surface area contributed by atoms with Gasteiger partial charge in [0.05, 0.1) is 5.54 Å². The first-order valence-corrected chi connectivity index (χ1v) is 16.6. The quantitative estimate of drug-likeness (QED) is 0.138. The van der Waals surface area contributed by atoms with Gasteiger partial charge in [0.1, 0.15) is 0 Å². The molecule has 2 fully saturated rings. The van der Waals surface area contributed by atoms with Gasteiger partial charge in [0.2, 0.25) is 11.9 Å². The number of likely N-dealkylation sites (tertiary alicyclic amines) is 1. The third-order valence-electron chi connectivity index (χ3n) is 8.46. The number of carbonyl (C=O) groups is 3. The molecule has 1 unspecified atom stereocenters. The highest BCUT2D eigenvalue weighted by Crippen LogP contribution is 2.48. The molecule has 0 bridgehead atoms. The first kappa shape index (κ1) is 35.4. The molecule has 266 valence electrons. The number of nitrogens with one attached hydrogen (secondary N) is 4. The lowest BCUT2D eigenvalue weighted by molar-refractivity contribution is -0.154. The zero-order valence-electron chi connectivity index (χ0n) is 27.2. The van der Waals surface area contributed by atoms with Crippen molar-refractivity contribution in [3.05, 3.63) is 95.0 Å². The summed E-state index contributed by atoms with van der Waals surface area (Å²) in [6.07, 6.45) is -1.63. The molecule has 4 N–H and O–H groups in total. The smallest absolute Gasteiger partial charge is 0.422 e. The molecular formula is C35H34ClF3N8O4. The molecule has 2 aliphatic rings. The summed E-state index contributed by atoms with van der Waals surface area (Å²) >= 11 is 6.03. The van der Waals surface area contributed by atoms with Crippen LogP contribution < -0.4 is 26.0 Å². The molecule has 0 radical (unpaired) electrons. The van der Waals surface area contributed by atoms with Crippen molar-refractivity contribution in [2.75, 3.05) is 42.2 Å². The van der Waals surface area contributed by atoms with Gasteiger partial charge in [-0.3, -0.25) is 14.4 Å². The average Bonchev–Trinajstić information content (AvgIpc) is 3.90. The van der Waals surface area contributed by atoms with Gasteiger partial charge < -0.3 is 30.9 Å². The molecule has 3 aromatic carbocycles. The Morgan fingerprint density at radius 2 is 1.61 bits per heavy atom. The number of para-hydroxylation sites is 1. The predicted octanol–water partition coefficient (Wildman–Crippen LogP) is 5.92. The second-order valence-electron chi connectivity index (χ2n) is 12.4. The molecule has 1 atom stereocenters. The van der Waals surface area contributed by atoms with Crippen LogP contribution in [-0.4, -0.2) is 70.0 Å². The normalized spacial score (nSPS) is 16.5. The minimum absolute atomic E-state index is 0.0212. The summed E-state index contributed by atoms with van der Waals surface area (Å²) in [6, 6.07) is 21.8. The van der Waals surface area contributed by atoms with Gasteiger partial charge in [0.25, 0.3) is 5.91 Å². The summed E-state index contributed by atoms with van der Waals surface area (Å²) < 4.78 is 43.6. The third kappa shape index (κ3) is 9.63. The van der Waals surface area contributed by atoms with Crippen LogP contribution in [0.5, 0.6) is 6.01 Å². The van der Waals surface area contributed by atoms with Crippen molar-refractivity contribution >= 4 is 52.6 Å². The molecule has 1 aliphatic carbocycles. The minimum Gasteiger partial charge on any atom is -0.454 e. The molecule has 12 nitrogen and oxygen atoms in total. The zero-order chi connectivity index (χ0) is 36.0. The largest absolute Gasteiger partial charge is 0.454 e. The van der Waals surface area contributed by atoms with Crippen LogP contribution in [0.4, 0.5) is 36.4 Å². The monoisotopic (exact) mass is 722 g/mol.